The molecule has 2 heteroatoms. The first-order chi connectivity index (χ1) is 9.05. The highest BCUT2D eigenvalue weighted by atomic mass is 28.3. The molecule has 0 radical (unpaired) electrons. The molecule has 0 rings (SSSR count). The maximum atomic E-state index is 11.2. The van der Waals surface area contributed by atoms with E-state index < -0.39 is 8.07 Å². The van der Waals surface area contributed by atoms with Crippen molar-refractivity contribution >= 4 is 13.9 Å². The van der Waals surface area contributed by atoms with Gasteiger partial charge in [0.1, 0.15) is 0 Å². The van der Waals surface area contributed by atoms with Gasteiger partial charge < -0.3 is 0 Å². The van der Waals surface area contributed by atoms with E-state index in [0.29, 0.717) is 5.92 Å². The van der Waals surface area contributed by atoms with Crippen LogP contribution in [0.2, 0.25) is 22.7 Å². The number of rotatable bonds is 8. The molecule has 1 atom stereocenters. The summed E-state index contributed by atoms with van der Waals surface area (Å²) in [6, 6.07) is 1.38. The summed E-state index contributed by atoms with van der Waals surface area (Å²) < 4.78 is 0. The van der Waals surface area contributed by atoms with Crippen molar-refractivity contribution < 1.29 is 4.79 Å². The van der Waals surface area contributed by atoms with Crippen LogP contribution in [0.5, 0.6) is 0 Å². The fourth-order valence-electron chi connectivity index (χ4n) is 4.02. The van der Waals surface area contributed by atoms with E-state index in [0.717, 1.165) is 16.6 Å². The number of carbonyl (C=O) groups excluding carboxylic acids is 1. The van der Waals surface area contributed by atoms with Gasteiger partial charge >= 0.3 is 0 Å². The standard InChI is InChI=1S/C18H36OSi/c1-13(2)20(14(3)4,15(5)6)11-10-16(7)17(8)12-18(9)19/h12-16H,10-11H2,1-9H3/b17-12+. The van der Waals surface area contributed by atoms with E-state index in [1.165, 1.54) is 18.0 Å². The van der Waals surface area contributed by atoms with Gasteiger partial charge in [0.2, 0.25) is 0 Å². The first-order valence-electron chi connectivity index (χ1n) is 8.24. The summed E-state index contributed by atoms with van der Waals surface area (Å²) >= 11 is 0. The Morgan fingerprint density at radius 1 is 0.900 bits per heavy atom. The minimum Gasteiger partial charge on any atom is -0.295 e. The smallest absolute Gasteiger partial charge is 0.152 e. The molecule has 118 valence electrons. The average molecular weight is 297 g/mol. The Morgan fingerprint density at radius 3 is 1.60 bits per heavy atom. The molecule has 1 unspecified atom stereocenters. The summed E-state index contributed by atoms with van der Waals surface area (Å²) in [5.41, 5.74) is 3.72. The maximum absolute atomic E-state index is 11.2. The van der Waals surface area contributed by atoms with Crippen LogP contribution in [0.25, 0.3) is 0 Å². The van der Waals surface area contributed by atoms with E-state index in [1.54, 1.807) is 6.92 Å². The van der Waals surface area contributed by atoms with Crippen LogP contribution in [0, 0.1) is 5.92 Å². The average Bonchev–Trinajstić information content (AvgIpc) is 2.26. The molecule has 0 amide bonds. The molecule has 0 aliphatic heterocycles. The Hall–Kier alpha value is -0.373. The van der Waals surface area contributed by atoms with Crippen molar-refractivity contribution in [1.82, 2.24) is 0 Å². The lowest BCUT2D eigenvalue weighted by atomic mass is 9.99. The van der Waals surface area contributed by atoms with Crippen LogP contribution in [0.15, 0.2) is 11.6 Å². The lowest BCUT2D eigenvalue weighted by Crippen LogP contribution is -2.44. The molecule has 0 saturated heterocycles. The van der Waals surface area contributed by atoms with Crippen LogP contribution in [-0.2, 0) is 4.79 Å². The number of carbonyl (C=O) groups is 1. The second kappa shape index (κ2) is 8.16. The van der Waals surface area contributed by atoms with Crippen molar-refractivity contribution in [3.05, 3.63) is 11.6 Å². The summed E-state index contributed by atoms with van der Waals surface area (Å²) in [6.45, 7) is 20.6. The van der Waals surface area contributed by atoms with Crippen molar-refractivity contribution in [2.24, 2.45) is 5.92 Å². The van der Waals surface area contributed by atoms with Gasteiger partial charge in [-0.25, -0.2) is 0 Å². The van der Waals surface area contributed by atoms with Gasteiger partial charge in [0.05, 0.1) is 8.07 Å². The monoisotopic (exact) mass is 296 g/mol. The normalized spacial score (nSPS) is 15.3. The molecule has 0 heterocycles. The molecule has 1 nitrogen and oxygen atoms in total. The zero-order valence-corrected chi connectivity index (χ0v) is 16.2. The zero-order valence-electron chi connectivity index (χ0n) is 15.2. The van der Waals surface area contributed by atoms with Crippen LogP contribution in [0.1, 0.15) is 68.7 Å². The molecule has 0 saturated carbocycles. The van der Waals surface area contributed by atoms with Crippen molar-refractivity contribution in [1.29, 1.82) is 0 Å². The molecule has 0 N–H and O–H groups in total. The van der Waals surface area contributed by atoms with Crippen molar-refractivity contribution in [3.63, 3.8) is 0 Å². The van der Waals surface area contributed by atoms with Gasteiger partial charge in [-0.2, -0.15) is 0 Å². The SMILES string of the molecule is CC(=O)/C=C(\C)C(C)CC[Si](C(C)C)(C(C)C)C(C)C. The topological polar surface area (TPSA) is 17.1 Å². The highest BCUT2D eigenvalue weighted by molar-refractivity contribution is 6.83. The van der Waals surface area contributed by atoms with Crippen LogP contribution < -0.4 is 0 Å². The van der Waals surface area contributed by atoms with Gasteiger partial charge in [-0.1, -0.05) is 76.7 Å². The Kier molecular flexibility index (Phi) is 8.01. The highest BCUT2D eigenvalue weighted by Crippen LogP contribution is 2.46. The van der Waals surface area contributed by atoms with E-state index in [-0.39, 0.29) is 5.78 Å². The van der Waals surface area contributed by atoms with Gasteiger partial charge in [-0.05, 0) is 32.3 Å². The van der Waals surface area contributed by atoms with Crippen molar-refractivity contribution in [3.8, 4) is 0 Å². The van der Waals surface area contributed by atoms with Gasteiger partial charge in [0.25, 0.3) is 0 Å². The summed E-state index contributed by atoms with van der Waals surface area (Å²) in [5, 5.41) is 0. The molecule has 0 aliphatic carbocycles. The summed E-state index contributed by atoms with van der Waals surface area (Å²) in [5.74, 6) is 0.705. The van der Waals surface area contributed by atoms with Gasteiger partial charge in [0, 0.05) is 0 Å². The lowest BCUT2D eigenvalue weighted by molar-refractivity contribution is -0.112. The third-order valence-electron chi connectivity index (χ3n) is 5.44. The minimum atomic E-state index is -1.29. The van der Waals surface area contributed by atoms with Gasteiger partial charge in [-0.15, -0.1) is 0 Å². The third kappa shape index (κ3) is 4.87. The molecule has 0 spiro atoms. The quantitative estimate of drug-likeness (QED) is 0.383. The van der Waals surface area contributed by atoms with Crippen LogP contribution in [0.3, 0.4) is 0 Å². The molecule has 0 aliphatic rings. The van der Waals surface area contributed by atoms with E-state index in [4.69, 9.17) is 0 Å². The first-order valence-corrected chi connectivity index (χ1v) is 10.7. The van der Waals surface area contributed by atoms with E-state index in [9.17, 15) is 4.79 Å². The molecule has 0 aromatic carbocycles. The van der Waals surface area contributed by atoms with Gasteiger partial charge in [0.15, 0.2) is 5.78 Å². The minimum absolute atomic E-state index is 0.175. The number of hydrogen-bond acceptors (Lipinski definition) is 1. The molecule has 20 heavy (non-hydrogen) atoms. The molecule has 0 fully saturated rings. The van der Waals surface area contributed by atoms with E-state index in [1.807, 2.05) is 6.08 Å². The number of ketones is 1. The zero-order chi connectivity index (χ0) is 16.1. The number of allylic oxidation sites excluding steroid dienone is 2. The second-order valence-electron chi connectivity index (χ2n) is 7.52. The fourth-order valence-corrected chi connectivity index (χ4v) is 10.7. The number of hydrogen-bond donors (Lipinski definition) is 0. The predicted molar refractivity (Wildman–Crippen MR) is 94.1 cm³/mol. The third-order valence-corrected chi connectivity index (χ3v) is 13.0. The fraction of sp³-hybridized carbons (Fsp3) is 0.833. The molecular weight excluding hydrogens is 260 g/mol. The lowest BCUT2D eigenvalue weighted by Gasteiger charge is -2.44. The second-order valence-corrected chi connectivity index (χ2v) is 13.7. The Morgan fingerprint density at radius 2 is 1.30 bits per heavy atom. The maximum Gasteiger partial charge on any atom is 0.152 e. The van der Waals surface area contributed by atoms with Crippen LogP contribution in [-0.4, -0.2) is 13.9 Å². The Labute approximate surface area is 128 Å². The first kappa shape index (κ1) is 19.6. The highest BCUT2D eigenvalue weighted by Gasteiger charge is 2.41. The molecule has 0 aromatic heterocycles. The van der Waals surface area contributed by atoms with Crippen LogP contribution >= 0.6 is 0 Å². The summed E-state index contributed by atoms with van der Waals surface area (Å²) in [7, 11) is -1.29. The molecule has 0 bridgehead atoms. The van der Waals surface area contributed by atoms with Gasteiger partial charge in [-0.3, -0.25) is 4.79 Å². The van der Waals surface area contributed by atoms with Crippen molar-refractivity contribution in [2.45, 2.75) is 91.4 Å². The molecule has 0 aromatic rings. The van der Waals surface area contributed by atoms with E-state index in [2.05, 4.69) is 55.4 Å². The Bertz CT molecular complexity index is 318. The largest absolute Gasteiger partial charge is 0.295 e. The van der Waals surface area contributed by atoms with Crippen LogP contribution in [0.4, 0.5) is 0 Å². The summed E-state index contributed by atoms with van der Waals surface area (Å²) in [4.78, 5) is 11.2. The molecular formula is C18H36OSi. The Balaban J connectivity index is 5.00. The van der Waals surface area contributed by atoms with E-state index >= 15 is 0 Å². The van der Waals surface area contributed by atoms with Crippen molar-refractivity contribution in [2.75, 3.05) is 0 Å². The predicted octanol–water partition coefficient (Wildman–Crippen LogP) is 6.23. The summed E-state index contributed by atoms with van der Waals surface area (Å²) in [6.07, 6.45) is 3.05.